The number of carbonyl (C=O) groups is 1. The standard InChI is InChI=1S/C24H35N3O3S/c1-16-17(2)19(4)24(20(5)18(16)3)31(29,30)26-13-12-23(28)25-14-21-8-10-22(11-9-21)15-27(6)7/h8-11,26H,12-15H2,1-7H3,(H,25,28). The van der Waals surface area contributed by atoms with Crippen molar-refractivity contribution < 1.29 is 13.2 Å². The largest absolute Gasteiger partial charge is 0.352 e. The van der Waals surface area contributed by atoms with Crippen LogP contribution in [0.4, 0.5) is 0 Å². The maximum Gasteiger partial charge on any atom is 0.241 e. The molecule has 0 saturated carbocycles. The number of rotatable bonds is 9. The average molecular weight is 446 g/mol. The summed E-state index contributed by atoms with van der Waals surface area (Å²) in [6.45, 7) is 10.9. The zero-order valence-electron chi connectivity index (χ0n) is 19.7. The molecule has 0 heterocycles. The SMILES string of the molecule is Cc1c(C)c(C)c(S(=O)(=O)NCCC(=O)NCc2ccc(CN(C)C)cc2)c(C)c1C. The minimum atomic E-state index is -3.69. The molecule has 7 heteroatoms. The molecule has 2 aromatic rings. The summed E-state index contributed by atoms with van der Waals surface area (Å²) in [5.41, 5.74) is 6.82. The molecule has 0 aromatic heterocycles. The fraction of sp³-hybridized carbons (Fsp3) is 0.458. The first-order valence-corrected chi connectivity index (χ1v) is 12.0. The fourth-order valence-electron chi connectivity index (χ4n) is 3.66. The first kappa shape index (κ1) is 25.0. The van der Waals surface area contributed by atoms with Gasteiger partial charge in [-0.05, 0) is 87.7 Å². The molecule has 6 nitrogen and oxygen atoms in total. The molecule has 0 radical (unpaired) electrons. The van der Waals surface area contributed by atoms with Crippen LogP contribution in [0.5, 0.6) is 0 Å². The quantitative estimate of drug-likeness (QED) is 0.621. The van der Waals surface area contributed by atoms with E-state index < -0.39 is 10.0 Å². The van der Waals surface area contributed by atoms with E-state index in [0.717, 1.165) is 39.9 Å². The van der Waals surface area contributed by atoms with Gasteiger partial charge in [0.15, 0.2) is 0 Å². The first-order valence-electron chi connectivity index (χ1n) is 10.5. The second-order valence-corrected chi connectivity index (χ2v) is 10.1. The predicted octanol–water partition coefficient (Wildman–Crippen LogP) is 3.28. The monoisotopic (exact) mass is 445 g/mol. The maximum absolute atomic E-state index is 12.9. The Balaban J connectivity index is 1.92. The number of nitrogens with zero attached hydrogens (tertiary/aromatic N) is 1. The van der Waals surface area contributed by atoms with E-state index in [4.69, 9.17) is 0 Å². The zero-order chi connectivity index (χ0) is 23.3. The van der Waals surface area contributed by atoms with Crippen molar-refractivity contribution in [2.45, 2.75) is 59.0 Å². The third kappa shape index (κ3) is 6.38. The van der Waals surface area contributed by atoms with E-state index in [-0.39, 0.29) is 18.9 Å². The van der Waals surface area contributed by atoms with Crippen LogP contribution in [0.1, 0.15) is 45.4 Å². The van der Waals surface area contributed by atoms with Gasteiger partial charge >= 0.3 is 0 Å². The molecule has 31 heavy (non-hydrogen) atoms. The topological polar surface area (TPSA) is 78.5 Å². The molecule has 0 aliphatic heterocycles. The van der Waals surface area contributed by atoms with E-state index in [9.17, 15) is 13.2 Å². The van der Waals surface area contributed by atoms with Crippen molar-refractivity contribution in [2.24, 2.45) is 0 Å². The van der Waals surface area contributed by atoms with Gasteiger partial charge in [0.2, 0.25) is 15.9 Å². The number of benzene rings is 2. The highest BCUT2D eigenvalue weighted by Gasteiger charge is 2.23. The van der Waals surface area contributed by atoms with E-state index in [0.29, 0.717) is 11.4 Å². The molecule has 0 fully saturated rings. The number of amides is 1. The molecule has 0 bridgehead atoms. The van der Waals surface area contributed by atoms with Gasteiger partial charge in [-0.3, -0.25) is 4.79 Å². The van der Waals surface area contributed by atoms with Crippen LogP contribution in [0, 0.1) is 34.6 Å². The lowest BCUT2D eigenvalue weighted by atomic mass is 9.95. The molecule has 2 aromatic carbocycles. The second kappa shape index (κ2) is 10.4. The summed E-state index contributed by atoms with van der Waals surface area (Å²) in [5, 5.41) is 2.85. The predicted molar refractivity (Wildman–Crippen MR) is 126 cm³/mol. The van der Waals surface area contributed by atoms with Crippen molar-refractivity contribution in [1.82, 2.24) is 14.9 Å². The summed E-state index contributed by atoms with van der Waals surface area (Å²) in [7, 11) is 0.345. The van der Waals surface area contributed by atoms with Crippen molar-refractivity contribution in [3.05, 3.63) is 63.2 Å². The molecule has 0 aliphatic rings. The number of hydrogen-bond acceptors (Lipinski definition) is 4. The highest BCUT2D eigenvalue weighted by molar-refractivity contribution is 7.89. The van der Waals surface area contributed by atoms with Crippen LogP contribution < -0.4 is 10.0 Å². The smallest absolute Gasteiger partial charge is 0.241 e. The maximum atomic E-state index is 12.9. The average Bonchev–Trinajstić information content (AvgIpc) is 2.69. The third-order valence-electron chi connectivity index (χ3n) is 5.86. The van der Waals surface area contributed by atoms with Crippen LogP contribution >= 0.6 is 0 Å². The lowest BCUT2D eigenvalue weighted by Gasteiger charge is -2.19. The van der Waals surface area contributed by atoms with E-state index >= 15 is 0 Å². The molecular formula is C24H35N3O3S. The minimum absolute atomic E-state index is 0.0563. The Morgan fingerprint density at radius 2 is 1.32 bits per heavy atom. The molecule has 0 spiro atoms. The van der Waals surface area contributed by atoms with Gasteiger partial charge in [0, 0.05) is 26.1 Å². The highest BCUT2D eigenvalue weighted by Crippen LogP contribution is 2.29. The van der Waals surface area contributed by atoms with E-state index in [1.807, 2.05) is 73.0 Å². The Labute approximate surface area is 187 Å². The van der Waals surface area contributed by atoms with Crippen LogP contribution in [0.25, 0.3) is 0 Å². The second-order valence-electron chi connectivity index (χ2n) is 8.43. The number of sulfonamides is 1. The Hall–Kier alpha value is -2.22. The van der Waals surface area contributed by atoms with Crippen LogP contribution in [-0.4, -0.2) is 39.9 Å². The van der Waals surface area contributed by atoms with Gasteiger partial charge in [0.05, 0.1) is 4.90 Å². The van der Waals surface area contributed by atoms with Gasteiger partial charge in [-0.1, -0.05) is 24.3 Å². The highest BCUT2D eigenvalue weighted by atomic mass is 32.2. The van der Waals surface area contributed by atoms with E-state index in [1.54, 1.807) is 0 Å². The van der Waals surface area contributed by atoms with Crippen molar-refractivity contribution >= 4 is 15.9 Å². The molecule has 0 saturated heterocycles. The lowest BCUT2D eigenvalue weighted by molar-refractivity contribution is -0.121. The van der Waals surface area contributed by atoms with Crippen molar-refractivity contribution in [3.63, 3.8) is 0 Å². The van der Waals surface area contributed by atoms with Crippen LogP contribution in [0.15, 0.2) is 29.2 Å². The van der Waals surface area contributed by atoms with Crippen LogP contribution in [-0.2, 0) is 27.9 Å². The van der Waals surface area contributed by atoms with Crippen molar-refractivity contribution in [1.29, 1.82) is 0 Å². The number of carbonyl (C=O) groups excluding carboxylic acids is 1. The number of hydrogen-bond donors (Lipinski definition) is 2. The van der Waals surface area contributed by atoms with Crippen molar-refractivity contribution in [2.75, 3.05) is 20.6 Å². The summed E-state index contributed by atoms with van der Waals surface area (Å²) in [4.78, 5) is 14.6. The molecule has 0 atom stereocenters. The normalized spacial score (nSPS) is 11.7. The molecule has 2 N–H and O–H groups in total. The van der Waals surface area contributed by atoms with Crippen LogP contribution in [0.2, 0.25) is 0 Å². The Morgan fingerprint density at radius 1 is 0.839 bits per heavy atom. The van der Waals surface area contributed by atoms with Crippen LogP contribution in [0.3, 0.4) is 0 Å². The van der Waals surface area contributed by atoms with Gasteiger partial charge in [-0.15, -0.1) is 0 Å². The fourth-order valence-corrected chi connectivity index (χ4v) is 5.28. The minimum Gasteiger partial charge on any atom is -0.352 e. The molecule has 0 aliphatic carbocycles. The van der Waals surface area contributed by atoms with E-state index in [2.05, 4.69) is 14.9 Å². The lowest BCUT2D eigenvalue weighted by Crippen LogP contribution is -2.31. The Bertz CT molecular complexity index is 1010. The van der Waals surface area contributed by atoms with Gasteiger partial charge in [-0.25, -0.2) is 13.1 Å². The molecule has 2 rings (SSSR count). The van der Waals surface area contributed by atoms with Gasteiger partial charge in [0.1, 0.15) is 0 Å². The van der Waals surface area contributed by atoms with Gasteiger partial charge in [0.25, 0.3) is 0 Å². The summed E-state index contributed by atoms with van der Waals surface area (Å²) < 4.78 is 28.4. The summed E-state index contributed by atoms with van der Waals surface area (Å²) in [5.74, 6) is -0.190. The first-order chi connectivity index (χ1) is 14.4. The van der Waals surface area contributed by atoms with Gasteiger partial charge < -0.3 is 10.2 Å². The van der Waals surface area contributed by atoms with Crippen molar-refractivity contribution in [3.8, 4) is 0 Å². The third-order valence-corrected chi connectivity index (χ3v) is 7.59. The molecular weight excluding hydrogens is 410 g/mol. The Morgan fingerprint density at radius 3 is 1.84 bits per heavy atom. The summed E-state index contributed by atoms with van der Waals surface area (Å²) in [6, 6.07) is 8.09. The zero-order valence-corrected chi connectivity index (χ0v) is 20.5. The molecule has 1 amide bonds. The Kier molecular flexibility index (Phi) is 8.40. The molecule has 170 valence electrons. The molecule has 0 unspecified atom stereocenters. The van der Waals surface area contributed by atoms with E-state index in [1.165, 1.54) is 5.56 Å². The van der Waals surface area contributed by atoms with Gasteiger partial charge in [-0.2, -0.15) is 0 Å². The summed E-state index contributed by atoms with van der Waals surface area (Å²) in [6.07, 6.45) is 0.0832. The number of nitrogens with one attached hydrogen (secondary N) is 2. The summed E-state index contributed by atoms with van der Waals surface area (Å²) >= 11 is 0.